The van der Waals surface area contributed by atoms with Crippen molar-refractivity contribution in [3.8, 4) is 0 Å². The lowest BCUT2D eigenvalue weighted by Gasteiger charge is -2.31. The smallest absolute Gasteiger partial charge is 0.304 e. The molecule has 1 aromatic heterocycles. The molecule has 0 amide bonds. The second-order valence-electron chi connectivity index (χ2n) is 4.65. The lowest BCUT2D eigenvalue weighted by molar-refractivity contribution is -0.383. The van der Waals surface area contributed by atoms with Crippen molar-refractivity contribution in [3.63, 3.8) is 0 Å². The van der Waals surface area contributed by atoms with Crippen LogP contribution in [0.1, 0.15) is 6.92 Å². The molecule has 2 rings (SSSR count). The zero-order valence-corrected chi connectivity index (χ0v) is 13.4. The molecule has 0 spiro atoms. The molecule has 2 heterocycles. The Balaban J connectivity index is 2.39. The molecular weight excluding hydrogens is 342 g/mol. The van der Waals surface area contributed by atoms with E-state index in [4.69, 9.17) is 5.73 Å². The van der Waals surface area contributed by atoms with Crippen molar-refractivity contribution in [1.29, 1.82) is 0 Å². The first-order valence-electron chi connectivity index (χ1n) is 5.80. The van der Waals surface area contributed by atoms with E-state index in [1.54, 1.807) is 0 Å². The Labute approximate surface area is 125 Å². The van der Waals surface area contributed by atoms with Gasteiger partial charge in [-0.1, -0.05) is 11.3 Å². The van der Waals surface area contributed by atoms with Gasteiger partial charge in [-0.3, -0.25) is 10.1 Å². The summed E-state index contributed by atoms with van der Waals surface area (Å²) in [5.41, 5.74) is 4.98. The number of nitrogen functional groups attached to an aromatic ring is 1. The van der Waals surface area contributed by atoms with Gasteiger partial charge in [0.1, 0.15) is 4.21 Å². The number of nitrogens with two attached hydrogens (primary N) is 1. The third-order valence-corrected chi connectivity index (χ3v) is 8.30. The Morgan fingerprint density at radius 2 is 2.14 bits per heavy atom. The van der Waals surface area contributed by atoms with Crippen molar-refractivity contribution in [3.05, 3.63) is 16.2 Å². The van der Waals surface area contributed by atoms with Crippen molar-refractivity contribution >= 4 is 41.9 Å². The van der Waals surface area contributed by atoms with Crippen molar-refractivity contribution in [1.82, 2.24) is 4.31 Å². The van der Waals surface area contributed by atoms with Crippen LogP contribution < -0.4 is 5.73 Å². The second kappa shape index (κ2) is 5.19. The molecule has 0 bridgehead atoms. The summed E-state index contributed by atoms with van der Waals surface area (Å²) in [4.78, 5) is 9.98. The van der Waals surface area contributed by atoms with Gasteiger partial charge in [0.25, 0.3) is 10.0 Å². The number of hydrogen-bond donors (Lipinski definition) is 1. The van der Waals surface area contributed by atoms with E-state index < -0.39 is 36.5 Å². The summed E-state index contributed by atoms with van der Waals surface area (Å²) in [5, 5.41) is 10.5. The maximum Gasteiger partial charge on any atom is 0.304 e. The molecule has 1 atom stereocenters. The van der Waals surface area contributed by atoms with E-state index in [1.807, 2.05) is 0 Å². The van der Waals surface area contributed by atoms with E-state index >= 15 is 0 Å². The first-order valence-corrected chi connectivity index (χ1v) is 9.88. The quantitative estimate of drug-likeness (QED) is 0.596. The Kier molecular flexibility index (Phi) is 3.99. The van der Waals surface area contributed by atoms with Gasteiger partial charge in [0.15, 0.2) is 14.8 Å². The molecule has 1 aliphatic heterocycles. The summed E-state index contributed by atoms with van der Waals surface area (Å²) < 4.78 is 48.7. The fraction of sp³-hybridized carbons (Fsp3) is 0.556. The molecule has 1 saturated heterocycles. The standard InChI is InChI=1S/C9H13N3O6S3/c1-6-5-20(15,16)3-2-11(6)21(17,18)8-4-7(12(13)14)9(10)19-8/h4,6H,2-3,5,10H2,1H3. The molecule has 1 aromatic rings. The molecule has 21 heavy (non-hydrogen) atoms. The van der Waals surface area contributed by atoms with Crippen LogP contribution in [0, 0.1) is 10.1 Å². The maximum atomic E-state index is 12.5. The summed E-state index contributed by atoms with van der Waals surface area (Å²) in [6, 6.07) is 0.182. The molecule has 1 aliphatic rings. The van der Waals surface area contributed by atoms with Gasteiger partial charge >= 0.3 is 5.69 Å². The minimum atomic E-state index is -3.99. The molecule has 0 radical (unpaired) electrons. The number of nitrogens with zero attached hydrogens (tertiary/aromatic N) is 2. The van der Waals surface area contributed by atoms with Crippen LogP contribution in [0.25, 0.3) is 0 Å². The molecular formula is C9H13N3O6S3. The van der Waals surface area contributed by atoms with E-state index in [1.165, 1.54) is 6.92 Å². The predicted octanol–water partition coefficient (Wildman–Crippen LogP) is 0.0461. The van der Waals surface area contributed by atoms with Gasteiger partial charge in [0.05, 0.1) is 16.4 Å². The highest BCUT2D eigenvalue weighted by Crippen LogP contribution is 2.36. The molecule has 2 N–H and O–H groups in total. The van der Waals surface area contributed by atoms with Crippen LogP contribution in [-0.2, 0) is 19.9 Å². The van der Waals surface area contributed by atoms with Gasteiger partial charge in [-0.25, -0.2) is 16.8 Å². The third-order valence-electron chi connectivity index (χ3n) is 3.09. The molecule has 12 heteroatoms. The summed E-state index contributed by atoms with van der Waals surface area (Å²) in [7, 11) is -7.25. The third kappa shape index (κ3) is 3.02. The Morgan fingerprint density at radius 3 is 2.62 bits per heavy atom. The van der Waals surface area contributed by atoms with Crippen molar-refractivity contribution < 1.29 is 21.8 Å². The Bertz CT molecular complexity index is 782. The highest BCUT2D eigenvalue weighted by molar-refractivity contribution is 7.93. The van der Waals surface area contributed by atoms with Gasteiger partial charge in [-0.15, -0.1) is 0 Å². The molecule has 0 saturated carbocycles. The molecule has 1 fully saturated rings. The molecule has 0 aromatic carbocycles. The zero-order chi connectivity index (χ0) is 16.0. The summed E-state index contributed by atoms with van der Waals surface area (Å²) in [5.74, 6) is -0.533. The predicted molar refractivity (Wildman–Crippen MR) is 77.4 cm³/mol. The lowest BCUT2D eigenvalue weighted by atomic mass is 10.4. The van der Waals surface area contributed by atoms with Crippen molar-refractivity contribution in [2.75, 3.05) is 23.8 Å². The molecule has 118 valence electrons. The number of sulfonamides is 1. The molecule has 1 unspecified atom stereocenters. The van der Waals surface area contributed by atoms with Gasteiger partial charge < -0.3 is 5.73 Å². The van der Waals surface area contributed by atoms with Gasteiger partial charge in [-0.2, -0.15) is 4.31 Å². The number of sulfone groups is 1. The van der Waals surface area contributed by atoms with E-state index in [0.717, 1.165) is 10.4 Å². The number of hydrogen-bond acceptors (Lipinski definition) is 8. The summed E-state index contributed by atoms with van der Waals surface area (Å²) in [6.45, 7) is 1.32. The summed E-state index contributed by atoms with van der Waals surface area (Å²) >= 11 is 0.602. The average molecular weight is 355 g/mol. The number of rotatable bonds is 3. The van der Waals surface area contributed by atoms with Crippen LogP contribution in [-0.4, -0.2) is 50.2 Å². The lowest BCUT2D eigenvalue weighted by Crippen LogP contribution is -2.49. The van der Waals surface area contributed by atoms with Crippen LogP contribution in [0.5, 0.6) is 0 Å². The van der Waals surface area contributed by atoms with Crippen LogP contribution in [0.3, 0.4) is 0 Å². The normalized spacial score (nSPS) is 23.0. The largest absolute Gasteiger partial charge is 0.385 e. The minimum Gasteiger partial charge on any atom is -0.385 e. The number of anilines is 1. The van der Waals surface area contributed by atoms with E-state index in [2.05, 4.69) is 0 Å². The average Bonchev–Trinajstić information content (AvgIpc) is 2.70. The SMILES string of the molecule is CC1CS(=O)(=O)CCN1S(=O)(=O)c1cc([N+](=O)[O-])c(N)s1. The van der Waals surface area contributed by atoms with Crippen molar-refractivity contribution in [2.24, 2.45) is 0 Å². The van der Waals surface area contributed by atoms with Gasteiger partial charge in [0.2, 0.25) is 0 Å². The van der Waals surface area contributed by atoms with Crippen LogP contribution in [0.2, 0.25) is 0 Å². The number of nitro groups is 1. The van der Waals surface area contributed by atoms with Crippen molar-refractivity contribution in [2.45, 2.75) is 17.2 Å². The highest BCUT2D eigenvalue weighted by Gasteiger charge is 2.38. The van der Waals surface area contributed by atoms with Gasteiger partial charge in [-0.05, 0) is 6.92 Å². The maximum absolute atomic E-state index is 12.5. The monoisotopic (exact) mass is 355 g/mol. The Morgan fingerprint density at radius 1 is 1.52 bits per heavy atom. The molecule has 9 nitrogen and oxygen atoms in total. The second-order valence-corrected chi connectivity index (χ2v) is 10.1. The fourth-order valence-electron chi connectivity index (χ4n) is 2.10. The van der Waals surface area contributed by atoms with Crippen LogP contribution in [0.4, 0.5) is 10.7 Å². The van der Waals surface area contributed by atoms with Crippen LogP contribution in [0.15, 0.2) is 10.3 Å². The number of thiophene rings is 1. The summed E-state index contributed by atoms with van der Waals surface area (Å²) in [6.07, 6.45) is 0. The van der Waals surface area contributed by atoms with Crippen LogP contribution >= 0.6 is 11.3 Å². The van der Waals surface area contributed by atoms with E-state index in [0.29, 0.717) is 11.3 Å². The first kappa shape index (κ1) is 16.1. The highest BCUT2D eigenvalue weighted by atomic mass is 32.2. The zero-order valence-electron chi connectivity index (χ0n) is 10.9. The topological polar surface area (TPSA) is 141 Å². The van der Waals surface area contributed by atoms with E-state index in [-0.39, 0.29) is 27.3 Å². The van der Waals surface area contributed by atoms with E-state index in [9.17, 15) is 26.9 Å². The fourth-order valence-corrected chi connectivity index (χ4v) is 6.84. The minimum absolute atomic E-state index is 0.169. The molecule has 0 aliphatic carbocycles. The Hall–Kier alpha value is -1.24. The first-order chi connectivity index (χ1) is 9.54. The van der Waals surface area contributed by atoms with Gasteiger partial charge in [0, 0.05) is 18.7 Å².